The predicted octanol–water partition coefficient (Wildman–Crippen LogP) is 2.08. The van der Waals surface area contributed by atoms with Gasteiger partial charge in [-0.05, 0) is 36.2 Å². The maximum absolute atomic E-state index is 13.8. The van der Waals surface area contributed by atoms with Crippen LogP contribution in [0.2, 0.25) is 0 Å². The van der Waals surface area contributed by atoms with E-state index in [-0.39, 0.29) is 11.4 Å². The van der Waals surface area contributed by atoms with E-state index in [4.69, 9.17) is 5.73 Å². The fourth-order valence-electron chi connectivity index (χ4n) is 1.63. The van der Waals surface area contributed by atoms with Crippen LogP contribution in [-0.4, -0.2) is 4.57 Å². The average molecular weight is 232 g/mol. The Kier molecular flexibility index (Phi) is 2.71. The van der Waals surface area contributed by atoms with Crippen molar-refractivity contribution < 1.29 is 4.39 Å². The minimum absolute atomic E-state index is 0.180. The first kappa shape index (κ1) is 11.4. The number of hydrogen-bond acceptors (Lipinski definition) is 2. The van der Waals surface area contributed by atoms with E-state index in [2.05, 4.69) is 0 Å². The van der Waals surface area contributed by atoms with Crippen LogP contribution in [0.4, 0.5) is 10.1 Å². The summed E-state index contributed by atoms with van der Waals surface area (Å²) in [5, 5.41) is 0. The molecule has 0 unspecified atom stereocenters. The van der Waals surface area contributed by atoms with E-state index >= 15 is 0 Å². The van der Waals surface area contributed by atoms with Gasteiger partial charge < -0.3 is 10.3 Å². The number of aryl methyl sites for hydroxylation is 2. The Morgan fingerprint density at radius 2 is 2.00 bits per heavy atom. The summed E-state index contributed by atoms with van der Waals surface area (Å²) in [6, 6.07) is 6.02. The van der Waals surface area contributed by atoms with Crippen LogP contribution in [0.5, 0.6) is 0 Å². The molecule has 2 rings (SSSR count). The molecule has 0 aliphatic carbocycles. The summed E-state index contributed by atoms with van der Waals surface area (Å²) >= 11 is 0. The second-order valence-corrected chi connectivity index (χ2v) is 4.05. The van der Waals surface area contributed by atoms with E-state index in [1.807, 2.05) is 0 Å². The summed E-state index contributed by atoms with van der Waals surface area (Å²) in [5.74, 6) is -0.370. The third-order valence-electron chi connectivity index (χ3n) is 2.77. The molecule has 0 amide bonds. The Balaban J connectivity index is 2.64. The summed E-state index contributed by atoms with van der Waals surface area (Å²) in [4.78, 5) is 11.5. The molecular weight excluding hydrogens is 219 g/mol. The van der Waals surface area contributed by atoms with Gasteiger partial charge in [-0.15, -0.1) is 0 Å². The van der Waals surface area contributed by atoms with Crippen molar-refractivity contribution in [2.75, 3.05) is 5.73 Å². The van der Waals surface area contributed by atoms with Crippen LogP contribution in [0.25, 0.3) is 11.1 Å². The predicted molar refractivity (Wildman–Crippen MR) is 66.2 cm³/mol. The van der Waals surface area contributed by atoms with Crippen LogP contribution in [0.3, 0.4) is 0 Å². The minimum Gasteiger partial charge on any atom is -0.398 e. The van der Waals surface area contributed by atoms with Crippen molar-refractivity contribution in [3.8, 4) is 11.1 Å². The topological polar surface area (TPSA) is 48.0 Å². The first-order valence-corrected chi connectivity index (χ1v) is 5.21. The Labute approximate surface area is 98.3 Å². The van der Waals surface area contributed by atoms with Crippen LogP contribution >= 0.6 is 0 Å². The summed E-state index contributed by atoms with van der Waals surface area (Å²) in [6.45, 7) is 1.74. The molecule has 0 saturated heterocycles. The molecule has 4 heteroatoms. The molecular formula is C13H13FN2O. The second-order valence-electron chi connectivity index (χ2n) is 4.05. The van der Waals surface area contributed by atoms with Gasteiger partial charge in [0, 0.05) is 30.6 Å². The van der Waals surface area contributed by atoms with Crippen molar-refractivity contribution in [3.05, 3.63) is 52.2 Å². The van der Waals surface area contributed by atoms with Gasteiger partial charge in [-0.3, -0.25) is 4.79 Å². The summed E-state index contributed by atoms with van der Waals surface area (Å²) in [6.07, 6.45) is 1.60. The molecule has 1 aromatic carbocycles. The van der Waals surface area contributed by atoms with Crippen molar-refractivity contribution in [1.82, 2.24) is 4.57 Å². The standard InChI is InChI=1S/C13H13FN2O/c1-8-5-11(14)10(7-12(8)15)9-3-4-16(2)13(17)6-9/h3-7H,15H2,1-2H3. The van der Waals surface area contributed by atoms with Gasteiger partial charge >= 0.3 is 0 Å². The van der Waals surface area contributed by atoms with Crippen molar-refractivity contribution >= 4 is 5.69 Å². The second kappa shape index (κ2) is 4.05. The zero-order valence-electron chi connectivity index (χ0n) is 9.70. The molecule has 0 atom stereocenters. The Bertz CT molecular complexity index is 632. The lowest BCUT2D eigenvalue weighted by Crippen LogP contribution is -2.14. The van der Waals surface area contributed by atoms with Gasteiger partial charge in [0.15, 0.2) is 0 Å². The number of pyridine rings is 1. The molecule has 2 aromatic rings. The SMILES string of the molecule is Cc1cc(F)c(-c2ccn(C)c(=O)c2)cc1N. The number of halogens is 1. The number of nitrogen functional groups attached to an aromatic ring is 1. The molecule has 0 radical (unpaired) electrons. The van der Waals surface area contributed by atoms with Gasteiger partial charge in [-0.1, -0.05) is 0 Å². The van der Waals surface area contributed by atoms with E-state index in [0.29, 0.717) is 22.4 Å². The molecule has 2 N–H and O–H groups in total. The Morgan fingerprint density at radius 3 is 2.65 bits per heavy atom. The number of rotatable bonds is 1. The fraction of sp³-hybridized carbons (Fsp3) is 0.154. The lowest BCUT2D eigenvalue weighted by atomic mass is 10.0. The van der Waals surface area contributed by atoms with Crippen molar-refractivity contribution in [1.29, 1.82) is 0 Å². The molecule has 0 aliphatic rings. The van der Waals surface area contributed by atoms with Crippen LogP contribution in [0.15, 0.2) is 35.3 Å². The minimum atomic E-state index is -0.370. The van der Waals surface area contributed by atoms with Crippen molar-refractivity contribution in [3.63, 3.8) is 0 Å². The Morgan fingerprint density at radius 1 is 1.29 bits per heavy atom. The molecule has 0 aliphatic heterocycles. The smallest absolute Gasteiger partial charge is 0.250 e. The lowest BCUT2D eigenvalue weighted by molar-refractivity contribution is 0.630. The van der Waals surface area contributed by atoms with Crippen molar-refractivity contribution in [2.24, 2.45) is 7.05 Å². The van der Waals surface area contributed by atoms with Gasteiger partial charge in [0.05, 0.1) is 0 Å². The highest BCUT2D eigenvalue weighted by Gasteiger charge is 2.08. The Hall–Kier alpha value is -2.10. The third kappa shape index (κ3) is 2.06. The quantitative estimate of drug-likeness (QED) is 0.765. The first-order valence-electron chi connectivity index (χ1n) is 5.21. The number of benzene rings is 1. The number of hydrogen-bond donors (Lipinski definition) is 1. The van der Waals surface area contributed by atoms with Crippen molar-refractivity contribution in [2.45, 2.75) is 6.92 Å². The molecule has 3 nitrogen and oxygen atoms in total. The number of nitrogens with two attached hydrogens (primary N) is 1. The van der Waals surface area contributed by atoms with Gasteiger partial charge in [-0.2, -0.15) is 0 Å². The van der Waals surface area contributed by atoms with E-state index in [0.717, 1.165) is 0 Å². The molecule has 0 spiro atoms. The fourth-order valence-corrected chi connectivity index (χ4v) is 1.63. The van der Waals surface area contributed by atoms with E-state index in [1.54, 1.807) is 32.3 Å². The zero-order chi connectivity index (χ0) is 12.6. The molecule has 0 fully saturated rings. The number of nitrogens with zero attached hydrogens (tertiary/aromatic N) is 1. The highest BCUT2D eigenvalue weighted by atomic mass is 19.1. The van der Waals surface area contributed by atoms with E-state index in [9.17, 15) is 9.18 Å². The lowest BCUT2D eigenvalue weighted by Gasteiger charge is -2.07. The van der Waals surface area contributed by atoms with Crippen LogP contribution < -0.4 is 11.3 Å². The molecule has 1 heterocycles. The van der Waals surface area contributed by atoms with Crippen LogP contribution in [-0.2, 0) is 7.05 Å². The molecule has 1 aromatic heterocycles. The summed E-state index contributed by atoms with van der Waals surface area (Å²) < 4.78 is 15.2. The summed E-state index contributed by atoms with van der Waals surface area (Å²) in [7, 11) is 1.64. The van der Waals surface area contributed by atoms with Gasteiger partial charge in [0.2, 0.25) is 0 Å². The third-order valence-corrected chi connectivity index (χ3v) is 2.77. The average Bonchev–Trinajstić information content (AvgIpc) is 2.27. The van der Waals surface area contributed by atoms with Gasteiger partial charge in [0.25, 0.3) is 5.56 Å². The monoisotopic (exact) mass is 232 g/mol. The van der Waals surface area contributed by atoms with E-state index < -0.39 is 0 Å². The number of anilines is 1. The molecule has 0 saturated carbocycles. The van der Waals surface area contributed by atoms with E-state index in [1.165, 1.54) is 16.7 Å². The largest absolute Gasteiger partial charge is 0.398 e. The molecule has 0 bridgehead atoms. The molecule has 88 valence electrons. The zero-order valence-corrected chi connectivity index (χ0v) is 9.70. The maximum Gasteiger partial charge on any atom is 0.250 e. The summed E-state index contributed by atoms with van der Waals surface area (Å²) in [5.41, 5.74) is 7.66. The highest BCUT2D eigenvalue weighted by molar-refractivity contribution is 5.69. The van der Waals surface area contributed by atoms with Crippen LogP contribution in [0.1, 0.15) is 5.56 Å². The highest BCUT2D eigenvalue weighted by Crippen LogP contribution is 2.26. The normalized spacial score (nSPS) is 10.5. The first-order chi connectivity index (χ1) is 7.99. The van der Waals surface area contributed by atoms with Gasteiger partial charge in [0.1, 0.15) is 5.82 Å². The van der Waals surface area contributed by atoms with Crippen LogP contribution in [0, 0.1) is 12.7 Å². The molecule has 17 heavy (non-hydrogen) atoms. The maximum atomic E-state index is 13.8. The number of aromatic nitrogens is 1. The van der Waals surface area contributed by atoms with Gasteiger partial charge in [-0.25, -0.2) is 4.39 Å².